The van der Waals surface area contributed by atoms with E-state index in [2.05, 4.69) is 83.7 Å². The Kier molecular flexibility index (Phi) is 9.04. The van der Waals surface area contributed by atoms with Gasteiger partial charge in [0, 0.05) is 0 Å². The summed E-state index contributed by atoms with van der Waals surface area (Å²) in [6.45, 7) is 25.2. The summed E-state index contributed by atoms with van der Waals surface area (Å²) in [5, 5.41) is 0. The fourth-order valence-corrected chi connectivity index (χ4v) is 3.34. The minimum atomic E-state index is 0.380. The summed E-state index contributed by atoms with van der Waals surface area (Å²) < 4.78 is 0. The molecular weight excluding hydrogens is 245 g/mol. The van der Waals surface area contributed by atoms with Crippen molar-refractivity contribution in [3.05, 3.63) is 0 Å². The van der Waals surface area contributed by atoms with E-state index in [1.807, 2.05) is 0 Å². The Morgan fingerprint density at radius 2 is 0.850 bits per heavy atom. The zero-order chi connectivity index (χ0) is 16.0. The third-order valence-electron chi connectivity index (χ3n) is 4.06. The van der Waals surface area contributed by atoms with E-state index in [-0.39, 0.29) is 0 Å². The second-order valence-electron chi connectivity index (χ2n) is 6.84. The van der Waals surface area contributed by atoms with Crippen molar-refractivity contribution in [1.82, 2.24) is 14.4 Å². The molecule has 0 amide bonds. The summed E-state index contributed by atoms with van der Waals surface area (Å²) in [7, 11) is 0.380. The first-order chi connectivity index (χ1) is 9.18. The summed E-state index contributed by atoms with van der Waals surface area (Å²) >= 11 is 0. The largest absolute Gasteiger partial charge is 0.404 e. The van der Waals surface area contributed by atoms with Gasteiger partial charge in [-0.1, -0.05) is 69.2 Å². The van der Waals surface area contributed by atoms with Gasteiger partial charge in [-0.05, 0) is 37.3 Å². The van der Waals surface area contributed by atoms with Gasteiger partial charge >= 0.3 is 7.12 Å². The van der Waals surface area contributed by atoms with Gasteiger partial charge in [-0.2, -0.15) is 0 Å². The number of hydrogen-bond acceptors (Lipinski definition) is 3. The smallest absolute Gasteiger partial charge is 0.314 e. The highest BCUT2D eigenvalue weighted by molar-refractivity contribution is 6.50. The van der Waals surface area contributed by atoms with Crippen LogP contribution in [-0.2, 0) is 0 Å². The Balaban J connectivity index is 5.65. The van der Waals surface area contributed by atoms with Crippen molar-refractivity contribution in [3.63, 3.8) is 0 Å². The van der Waals surface area contributed by atoms with E-state index in [1.54, 1.807) is 0 Å². The highest BCUT2D eigenvalue weighted by atomic mass is 15.4. The first-order valence-electron chi connectivity index (χ1n) is 8.47. The molecule has 0 saturated carbocycles. The third-order valence-corrected chi connectivity index (χ3v) is 4.06. The fourth-order valence-electron chi connectivity index (χ4n) is 3.34. The lowest BCUT2D eigenvalue weighted by molar-refractivity contribution is 0.181. The van der Waals surface area contributed by atoms with Crippen molar-refractivity contribution in [2.45, 2.75) is 93.4 Å². The van der Waals surface area contributed by atoms with Crippen molar-refractivity contribution < 1.29 is 0 Å². The molecular formula is C16H38BN3. The maximum Gasteiger partial charge on any atom is 0.404 e. The summed E-state index contributed by atoms with van der Waals surface area (Å²) in [6, 6.07) is 2.17. The molecule has 0 radical (unpaired) electrons. The van der Waals surface area contributed by atoms with Crippen LogP contribution >= 0.6 is 0 Å². The molecule has 0 saturated heterocycles. The van der Waals surface area contributed by atoms with E-state index in [9.17, 15) is 0 Å². The highest BCUT2D eigenvalue weighted by Gasteiger charge is 2.40. The Morgan fingerprint density at radius 3 is 1.00 bits per heavy atom. The molecule has 0 heterocycles. The zero-order valence-electron chi connectivity index (χ0n) is 15.6. The Bertz CT molecular complexity index is 214. The van der Waals surface area contributed by atoms with E-state index < -0.39 is 0 Å². The molecule has 0 aromatic heterocycles. The van der Waals surface area contributed by atoms with Crippen molar-refractivity contribution in [2.24, 2.45) is 0 Å². The van der Waals surface area contributed by atoms with E-state index in [1.165, 1.54) is 0 Å². The summed E-state index contributed by atoms with van der Waals surface area (Å²) in [4.78, 5) is 7.88. The summed E-state index contributed by atoms with van der Waals surface area (Å²) in [5.41, 5.74) is 0. The summed E-state index contributed by atoms with van der Waals surface area (Å²) in [5.74, 6) is 0. The number of rotatable bonds is 9. The zero-order valence-corrected chi connectivity index (χ0v) is 15.6. The number of nitrogens with zero attached hydrogens (tertiary/aromatic N) is 3. The van der Waals surface area contributed by atoms with Gasteiger partial charge in [-0.25, -0.2) is 0 Å². The second kappa shape index (κ2) is 9.06. The molecule has 3 nitrogen and oxygen atoms in total. The van der Waals surface area contributed by atoms with Crippen LogP contribution in [-0.4, -0.2) is 58.8 Å². The minimum Gasteiger partial charge on any atom is -0.314 e. The molecule has 0 aliphatic carbocycles. The minimum absolute atomic E-state index is 0.380. The topological polar surface area (TPSA) is 9.72 Å². The van der Waals surface area contributed by atoms with Crippen LogP contribution in [0, 0.1) is 0 Å². The van der Waals surface area contributed by atoms with Crippen LogP contribution in [0.4, 0.5) is 0 Å². The van der Waals surface area contributed by atoms with Crippen LogP contribution in [0.25, 0.3) is 0 Å². The van der Waals surface area contributed by atoms with Crippen LogP contribution in [0.2, 0.25) is 0 Å². The molecule has 0 spiro atoms. The molecule has 0 aliphatic rings. The van der Waals surface area contributed by atoms with Crippen molar-refractivity contribution in [3.8, 4) is 0 Å². The van der Waals surface area contributed by atoms with Gasteiger partial charge in [-0.15, -0.1) is 0 Å². The molecule has 0 N–H and O–H groups in total. The fraction of sp³-hybridized carbons (Fsp3) is 1.00. The van der Waals surface area contributed by atoms with Gasteiger partial charge < -0.3 is 14.4 Å². The normalized spacial score (nSPS) is 13.1. The van der Waals surface area contributed by atoms with Crippen molar-refractivity contribution in [2.75, 3.05) is 13.1 Å². The van der Waals surface area contributed by atoms with Crippen LogP contribution in [0.3, 0.4) is 0 Å². The molecule has 0 bridgehead atoms. The predicted molar refractivity (Wildman–Crippen MR) is 92.9 cm³/mol. The molecule has 0 rings (SSSR count). The molecule has 0 fully saturated rings. The maximum absolute atomic E-state index is 2.65. The lowest BCUT2D eigenvalue weighted by atomic mass is 9.77. The van der Waals surface area contributed by atoms with Gasteiger partial charge in [0.25, 0.3) is 0 Å². The van der Waals surface area contributed by atoms with E-state index >= 15 is 0 Å². The van der Waals surface area contributed by atoms with E-state index in [0.717, 1.165) is 13.1 Å². The average molecular weight is 283 g/mol. The number of hydrogen-bond donors (Lipinski definition) is 0. The monoisotopic (exact) mass is 283 g/mol. The molecule has 0 aliphatic heterocycles. The van der Waals surface area contributed by atoms with Crippen LogP contribution < -0.4 is 0 Å². The molecule has 0 unspecified atom stereocenters. The first kappa shape index (κ1) is 19.9. The third kappa shape index (κ3) is 5.05. The van der Waals surface area contributed by atoms with Crippen LogP contribution in [0.15, 0.2) is 0 Å². The summed E-state index contributed by atoms with van der Waals surface area (Å²) in [6.07, 6.45) is 0. The standard InChI is InChI=1S/C16H38BN3/c1-11-18(12-2)17(19(13(3)4)14(5)6)20(15(7)8)16(9)10/h13-16H,11-12H2,1-10H3. The Hall–Kier alpha value is -0.0551. The highest BCUT2D eigenvalue weighted by Crippen LogP contribution is 2.19. The van der Waals surface area contributed by atoms with Crippen molar-refractivity contribution in [1.29, 1.82) is 0 Å². The van der Waals surface area contributed by atoms with Gasteiger partial charge in [0.1, 0.15) is 0 Å². The van der Waals surface area contributed by atoms with Crippen molar-refractivity contribution >= 4 is 7.12 Å². The molecule has 0 aromatic rings. The second-order valence-corrected chi connectivity index (χ2v) is 6.84. The van der Waals surface area contributed by atoms with Crippen LogP contribution in [0.1, 0.15) is 69.2 Å². The van der Waals surface area contributed by atoms with E-state index in [4.69, 9.17) is 0 Å². The van der Waals surface area contributed by atoms with Crippen LogP contribution in [0.5, 0.6) is 0 Å². The lowest BCUT2D eigenvalue weighted by Gasteiger charge is -2.48. The van der Waals surface area contributed by atoms with Gasteiger partial charge in [0.05, 0.1) is 0 Å². The Morgan fingerprint density at radius 1 is 0.600 bits per heavy atom. The molecule has 0 aromatic carbocycles. The van der Waals surface area contributed by atoms with Gasteiger partial charge in [0.2, 0.25) is 0 Å². The molecule has 0 atom stereocenters. The Labute approximate surface area is 128 Å². The van der Waals surface area contributed by atoms with E-state index in [0.29, 0.717) is 31.3 Å². The maximum atomic E-state index is 2.65. The first-order valence-corrected chi connectivity index (χ1v) is 8.47. The molecule has 4 heteroatoms. The average Bonchev–Trinajstić information content (AvgIpc) is 2.28. The van der Waals surface area contributed by atoms with Gasteiger partial charge in [0.15, 0.2) is 0 Å². The SMILES string of the molecule is CCN(CC)B(N(C(C)C)C(C)C)N(C(C)C)C(C)C. The van der Waals surface area contributed by atoms with Gasteiger partial charge in [-0.3, -0.25) is 0 Å². The quantitative estimate of drug-likeness (QED) is 0.599. The predicted octanol–water partition coefficient (Wildman–Crippen LogP) is 3.55. The lowest BCUT2D eigenvalue weighted by Crippen LogP contribution is -2.69. The molecule has 120 valence electrons. The molecule has 20 heavy (non-hydrogen) atoms.